The lowest BCUT2D eigenvalue weighted by Crippen LogP contribution is -2.09. The molecule has 0 spiro atoms. The zero-order valence-electron chi connectivity index (χ0n) is 11.5. The number of benzene rings is 2. The minimum atomic E-state index is 0.230. The maximum Gasteiger partial charge on any atom is 0.0744 e. The zero-order chi connectivity index (χ0) is 14.5. The SMILES string of the molecule is COCc1c(Br)cccc1NC(C)c1ccc(Br)cc1. The molecule has 2 aromatic rings. The summed E-state index contributed by atoms with van der Waals surface area (Å²) < 4.78 is 7.43. The van der Waals surface area contributed by atoms with Gasteiger partial charge in [0.15, 0.2) is 0 Å². The summed E-state index contributed by atoms with van der Waals surface area (Å²) in [5.41, 5.74) is 3.48. The average Bonchev–Trinajstić information content (AvgIpc) is 2.43. The lowest BCUT2D eigenvalue weighted by Gasteiger charge is -2.19. The molecule has 0 aliphatic rings. The Bertz CT molecular complexity index is 569. The fraction of sp³-hybridized carbons (Fsp3) is 0.250. The van der Waals surface area contributed by atoms with Gasteiger partial charge in [0.25, 0.3) is 0 Å². The smallest absolute Gasteiger partial charge is 0.0744 e. The highest BCUT2D eigenvalue weighted by atomic mass is 79.9. The van der Waals surface area contributed by atoms with Crippen molar-refractivity contribution >= 4 is 37.5 Å². The Morgan fingerprint density at radius 3 is 2.45 bits per heavy atom. The Labute approximate surface area is 136 Å². The molecule has 0 amide bonds. The Balaban J connectivity index is 2.21. The Morgan fingerprint density at radius 1 is 1.10 bits per heavy atom. The first-order valence-electron chi connectivity index (χ1n) is 6.40. The molecule has 106 valence electrons. The van der Waals surface area contributed by atoms with Crippen LogP contribution in [0.4, 0.5) is 5.69 Å². The lowest BCUT2D eigenvalue weighted by molar-refractivity contribution is 0.185. The normalized spacial score (nSPS) is 12.2. The molecule has 0 fully saturated rings. The molecular weight excluding hydrogens is 382 g/mol. The van der Waals surface area contributed by atoms with E-state index in [1.807, 2.05) is 12.1 Å². The van der Waals surface area contributed by atoms with E-state index in [9.17, 15) is 0 Å². The minimum Gasteiger partial charge on any atom is -0.380 e. The fourth-order valence-corrected chi connectivity index (χ4v) is 2.80. The molecule has 1 atom stereocenters. The van der Waals surface area contributed by atoms with E-state index in [2.05, 4.69) is 74.4 Å². The van der Waals surface area contributed by atoms with Gasteiger partial charge in [0, 0.05) is 33.3 Å². The van der Waals surface area contributed by atoms with Gasteiger partial charge in [-0.2, -0.15) is 0 Å². The molecule has 2 rings (SSSR count). The van der Waals surface area contributed by atoms with Crippen LogP contribution in [0.15, 0.2) is 51.4 Å². The number of ether oxygens (including phenoxy) is 1. The van der Waals surface area contributed by atoms with Gasteiger partial charge in [0.2, 0.25) is 0 Å². The number of hydrogen-bond donors (Lipinski definition) is 1. The molecule has 2 aromatic carbocycles. The molecule has 1 unspecified atom stereocenters. The van der Waals surface area contributed by atoms with Gasteiger partial charge in [-0.1, -0.05) is 50.1 Å². The molecule has 0 saturated heterocycles. The summed E-state index contributed by atoms with van der Waals surface area (Å²) in [6.45, 7) is 2.73. The van der Waals surface area contributed by atoms with Gasteiger partial charge >= 0.3 is 0 Å². The monoisotopic (exact) mass is 397 g/mol. The van der Waals surface area contributed by atoms with E-state index in [1.165, 1.54) is 5.56 Å². The molecule has 4 heteroatoms. The van der Waals surface area contributed by atoms with Crippen LogP contribution in [-0.4, -0.2) is 7.11 Å². The Morgan fingerprint density at radius 2 is 1.80 bits per heavy atom. The third kappa shape index (κ3) is 3.84. The largest absolute Gasteiger partial charge is 0.380 e. The van der Waals surface area contributed by atoms with E-state index in [-0.39, 0.29) is 6.04 Å². The summed E-state index contributed by atoms with van der Waals surface area (Å²) in [7, 11) is 1.71. The van der Waals surface area contributed by atoms with E-state index in [1.54, 1.807) is 7.11 Å². The Kier molecular flexibility index (Phi) is 5.64. The zero-order valence-corrected chi connectivity index (χ0v) is 14.7. The summed E-state index contributed by atoms with van der Waals surface area (Å²) in [6, 6.07) is 14.7. The van der Waals surface area contributed by atoms with Crippen molar-refractivity contribution in [3.8, 4) is 0 Å². The molecule has 0 saturated carbocycles. The van der Waals surface area contributed by atoms with E-state index in [0.29, 0.717) is 6.61 Å². The topological polar surface area (TPSA) is 21.3 Å². The minimum absolute atomic E-state index is 0.230. The second-order valence-corrected chi connectivity index (χ2v) is 6.39. The van der Waals surface area contributed by atoms with Crippen LogP contribution in [0.3, 0.4) is 0 Å². The quantitative estimate of drug-likeness (QED) is 0.714. The van der Waals surface area contributed by atoms with Gasteiger partial charge in [-0.25, -0.2) is 0 Å². The van der Waals surface area contributed by atoms with Crippen LogP contribution in [0.1, 0.15) is 24.1 Å². The predicted molar refractivity (Wildman–Crippen MR) is 91.0 cm³/mol. The van der Waals surface area contributed by atoms with Crippen molar-refractivity contribution < 1.29 is 4.74 Å². The number of nitrogens with one attached hydrogen (secondary N) is 1. The first-order chi connectivity index (χ1) is 9.61. The fourth-order valence-electron chi connectivity index (χ4n) is 2.05. The highest BCUT2D eigenvalue weighted by Gasteiger charge is 2.10. The maximum absolute atomic E-state index is 5.28. The maximum atomic E-state index is 5.28. The number of methoxy groups -OCH3 is 1. The molecule has 2 nitrogen and oxygen atoms in total. The first kappa shape index (κ1) is 15.5. The van der Waals surface area contributed by atoms with Crippen molar-refractivity contribution in [2.75, 3.05) is 12.4 Å². The van der Waals surface area contributed by atoms with Crippen molar-refractivity contribution in [1.82, 2.24) is 0 Å². The summed E-state index contributed by atoms with van der Waals surface area (Å²) in [6.07, 6.45) is 0. The second-order valence-electron chi connectivity index (χ2n) is 4.62. The number of halogens is 2. The molecule has 0 aliphatic heterocycles. The molecule has 0 radical (unpaired) electrons. The van der Waals surface area contributed by atoms with Crippen LogP contribution >= 0.6 is 31.9 Å². The van der Waals surface area contributed by atoms with Crippen LogP contribution in [0.2, 0.25) is 0 Å². The van der Waals surface area contributed by atoms with Crippen LogP contribution in [-0.2, 0) is 11.3 Å². The molecular formula is C16H17Br2NO. The summed E-state index contributed by atoms with van der Waals surface area (Å²) >= 11 is 7.04. The average molecular weight is 399 g/mol. The lowest BCUT2D eigenvalue weighted by atomic mass is 10.1. The second kappa shape index (κ2) is 7.25. The molecule has 20 heavy (non-hydrogen) atoms. The van der Waals surface area contributed by atoms with Crippen molar-refractivity contribution in [2.24, 2.45) is 0 Å². The number of anilines is 1. The molecule has 0 bridgehead atoms. The third-order valence-corrected chi connectivity index (χ3v) is 4.42. The van der Waals surface area contributed by atoms with E-state index < -0.39 is 0 Å². The van der Waals surface area contributed by atoms with Crippen LogP contribution < -0.4 is 5.32 Å². The van der Waals surface area contributed by atoms with Crippen molar-refractivity contribution in [2.45, 2.75) is 19.6 Å². The highest BCUT2D eigenvalue weighted by Crippen LogP contribution is 2.29. The van der Waals surface area contributed by atoms with Crippen molar-refractivity contribution in [1.29, 1.82) is 0 Å². The van der Waals surface area contributed by atoms with Gasteiger partial charge in [-0.15, -0.1) is 0 Å². The van der Waals surface area contributed by atoms with Crippen LogP contribution in [0, 0.1) is 0 Å². The van der Waals surface area contributed by atoms with Gasteiger partial charge in [0.05, 0.1) is 6.61 Å². The van der Waals surface area contributed by atoms with Gasteiger partial charge in [-0.3, -0.25) is 0 Å². The number of rotatable bonds is 5. The first-order valence-corrected chi connectivity index (χ1v) is 7.98. The molecule has 0 aliphatic carbocycles. The summed E-state index contributed by atoms with van der Waals surface area (Å²) in [4.78, 5) is 0. The summed E-state index contributed by atoms with van der Waals surface area (Å²) in [5, 5.41) is 3.55. The van der Waals surface area contributed by atoms with E-state index in [4.69, 9.17) is 4.74 Å². The van der Waals surface area contributed by atoms with Crippen LogP contribution in [0.25, 0.3) is 0 Å². The van der Waals surface area contributed by atoms with Crippen LogP contribution in [0.5, 0.6) is 0 Å². The molecule has 1 N–H and O–H groups in total. The van der Waals surface area contributed by atoms with E-state index >= 15 is 0 Å². The Hall–Kier alpha value is -0.840. The van der Waals surface area contributed by atoms with Crippen molar-refractivity contribution in [3.63, 3.8) is 0 Å². The molecule has 0 aromatic heterocycles. The third-order valence-electron chi connectivity index (χ3n) is 3.15. The highest BCUT2D eigenvalue weighted by molar-refractivity contribution is 9.10. The van der Waals surface area contributed by atoms with E-state index in [0.717, 1.165) is 20.2 Å². The van der Waals surface area contributed by atoms with Gasteiger partial charge in [0.1, 0.15) is 0 Å². The standard InChI is InChI=1S/C16H17Br2NO/c1-11(12-6-8-13(17)9-7-12)19-16-5-3-4-15(18)14(16)10-20-2/h3-9,11,19H,10H2,1-2H3. The molecule has 0 heterocycles. The predicted octanol–water partition coefficient (Wildman–Crippen LogP) is 5.53. The van der Waals surface area contributed by atoms with Gasteiger partial charge < -0.3 is 10.1 Å². The van der Waals surface area contributed by atoms with Gasteiger partial charge in [-0.05, 0) is 36.8 Å². The summed E-state index contributed by atoms with van der Waals surface area (Å²) in [5.74, 6) is 0. The number of hydrogen-bond acceptors (Lipinski definition) is 2. The van der Waals surface area contributed by atoms with Crippen molar-refractivity contribution in [3.05, 3.63) is 62.5 Å².